The fourth-order valence-corrected chi connectivity index (χ4v) is 2.47. The first-order valence-electron chi connectivity index (χ1n) is 7.62. The Morgan fingerprint density at radius 1 is 1.38 bits per heavy atom. The van der Waals surface area contributed by atoms with Gasteiger partial charge in [0.1, 0.15) is 6.54 Å². The molecule has 0 spiro atoms. The number of hydrogen-bond donors (Lipinski definition) is 1. The van der Waals surface area contributed by atoms with Crippen LogP contribution in [0.4, 0.5) is 0 Å². The zero-order valence-corrected chi connectivity index (χ0v) is 12.6. The summed E-state index contributed by atoms with van der Waals surface area (Å²) in [4.78, 5) is 11.8. The van der Waals surface area contributed by atoms with Crippen molar-refractivity contribution in [2.45, 2.75) is 51.9 Å². The molecule has 112 valence electrons. The minimum atomic E-state index is -0.191. The van der Waals surface area contributed by atoms with Gasteiger partial charge in [0.2, 0.25) is 0 Å². The van der Waals surface area contributed by atoms with Crippen LogP contribution in [-0.2, 0) is 22.6 Å². The maximum atomic E-state index is 11.8. The molecule has 0 saturated heterocycles. The van der Waals surface area contributed by atoms with Gasteiger partial charge >= 0.3 is 5.97 Å². The fraction of sp³-hybridized carbons (Fsp3) is 0.471. The highest BCUT2D eigenvalue weighted by Gasteiger charge is 2.20. The van der Waals surface area contributed by atoms with Crippen molar-refractivity contribution in [2.24, 2.45) is 0 Å². The topological polar surface area (TPSA) is 43.3 Å². The largest absolute Gasteiger partial charge is 0.462 e. The molecule has 1 N–H and O–H groups in total. The molecule has 3 rings (SSSR count). The number of esters is 1. The summed E-state index contributed by atoms with van der Waals surface area (Å²) in [6.45, 7) is 4.89. The Labute approximate surface area is 125 Å². The molecule has 2 aromatic rings. The molecule has 1 aliphatic carbocycles. The van der Waals surface area contributed by atoms with Crippen molar-refractivity contribution >= 4 is 16.9 Å². The van der Waals surface area contributed by atoms with E-state index < -0.39 is 0 Å². The van der Waals surface area contributed by atoms with Gasteiger partial charge in [-0.05, 0) is 49.8 Å². The molecule has 0 bridgehead atoms. The Bertz CT molecular complexity index is 641. The molecule has 1 heterocycles. The first kappa shape index (κ1) is 14.1. The minimum Gasteiger partial charge on any atom is -0.462 e. The number of hydrogen-bond acceptors (Lipinski definition) is 3. The fourth-order valence-electron chi connectivity index (χ4n) is 2.47. The molecule has 1 aliphatic rings. The van der Waals surface area contributed by atoms with Crippen molar-refractivity contribution in [3.8, 4) is 0 Å². The van der Waals surface area contributed by atoms with E-state index in [9.17, 15) is 4.79 Å². The Morgan fingerprint density at radius 2 is 2.19 bits per heavy atom. The number of aromatic nitrogens is 1. The van der Waals surface area contributed by atoms with Crippen LogP contribution in [-0.4, -0.2) is 22.7 Å². The average molecular weight is 286 g/mol. The van der Waals surface area contributed by atoms with E-state index >= 15 is 0 Å². The lowest BCUT2D eigenvalue weighted by atomic mass is 10.1. The second kappa shape index (κ2) is 5.90. The van der Waals surface area contributed by atoms with E-state index in [4.69, 9.17) is 4.74 Å². The third-order valence-corrected chi connectivity index (χ3v) is 3.68. The lowest BCUT2D eigenvalue weighted by molar-refractivity contribution is -0.148. The van der Waals surface area contributed by atoms with Crippen LogP contribution in [0.25, 0.3) is 10.9 Å². The van der Waals surface area contributed by atoms with Crippen molar-refractivity contribution < 1.29 is 9.53 Å². The maximum absolute atomic E-state index is 11.8. The van der Waals surface area contributed by atoms with Gasteiger partial charge in [-0.15, -0.1) is 0 Å². The molecule has 1 aromatic heterocycles. The first-order chi connectivity index (χ1) is 10.1. The normalized spacial score (nSPS) is 14.8. The molecule has 1 saturated carbocycles. The van der Waals surface area contributed by atoms with Gasteiger partial charge in [0.25, 0.3) is 0 Å². The Balaban J connectivity index is 1.74. The molecule has 0 radical (unpaired) electrons. The van der Waals surface area contributed by atoms with Gasteiger partial charge in [-0.2, -0.15) is 0 Å². The Morgan fingerprint density at radius 3 is 2.90 bits per heavy atom. The van der Waals surface area contributed by atoms with Crippen LogP contribution in [0.2, 0.25) is 0 Å². The standard InChI is InChI=1S/C17H22N2O2/c1-12(2)21-17(20)11-19-8-7-14-4-3-13(9-16(14)19)10-18-15-5-6-15/h3-4,7-9,12,15,18H,5-6,10-11H2,1-2H3. The maximum Gasteiger partial charge on any atom is 0.326 e. The monoisotopic (exact) mass is 286 g/mol. The number of ether oxygens (including phenoxy) is 1. The summed E-state index contributed by atoms with van der Waals surface area (Å²) in [7, 11) is 0. The highest BCUT2D eigenvalue weighted by molar-refractivity contribution is 5.82. The van der Waals surface area contributed by atoms with Crippen molar-refractivity contribution in [3.63, 3.8) is 0 Å². The number of fused-ring (bicyclic) bond motifs is 1. The van der Waals surface area contributed by atoms with E-state index in [-0.39, 0.29) is 18.6 Å². The summed E-state index contributed by atoms with van der Waals surface area (Å²) in [5.41, 5.74) is 2.34. The van der Waals surface area contributed by atoms with E-state index in [1.807, 2.05) is 30.7 Å². The van der Waals surface area contributed by atoms with Gasteiger partial charge < -0.3 is 14.6 Å². The van der Waals surface area contributed by atoms with Crippen LogP contribution in [0.5, 0.6) is 0 Å². The van der Waals surface area contributed by atoms with Crippen molar-refractivity contribution in [3.05, 3.63) is 36.0 Å². The van der Waals surface area contributed by atoms with E-state index in [0.29, 0.717) is 6.04 Å². The number of benzene rings is 1. The molecule has 1 aromatic carbocycles. The first-order valence-corrected chi connectivity index (χ1v) is 7.62. The van der Waals surface area contributed by atoms with Gasteiger partial charge in [-0.1, -0.05) is 12.1 Å². The molecule has 0 unspecified atom stereocenters. The number of rotatable bonds is 6. The van der Waals surface area contributed by atoms with Gasteiger partial charge in [0.05, 0.1) is 6.10 Å². The minimum absolute atomic E-state index is 0.0716. The van der Waals surface area contributed by atoms with Crippen LogP contribution in [0, 0.1) is 0 Å². The van der Waals surface area contributed by atoms with Crippen molar-refractivity contribution in [1.82, 2.24) is 9.88 Å². The summed E-state index contributed by atoms with van der Waals surface area (Å²) in [5.74, 6) is -0.191. The van der Waals surface area contributed by atoms with Gasteiger partial charge in [-0.25, -0.2) is 0 Å². The highest BCUT2D eigenvalue weighted by Crippen LogP contribution is 2.21. The lowest BCUT2D eigenvalue weighted by Crippen LogP contribution is -2.17. The van der Waals surface area contributed by atoms with E-state index in [1.165, 1.54) is 18.4 Å². The molecule has 0 aliphatic heterocycles. The van der Waals surface area contributed by atoms with Crippen LogP contribution >= 0.6 is 0 Å². The molecular formula is C17H22N2O2. The van der Waals surface area contributed by atoms with E-state index in [2.05, 4.69) is 23.5 Å². The van der Waals surface area contributed by atoms with Gasteiger partial charge in [0.15, 0.2) is 0 Å². The molecule has 4 nitrogen and oxygen atoms in total. The molecule has 0 atom stereocenters. The van der Waals surface area contributed by atoms with Crippen LogP contribution < -0.4 is 5.32 Å². The SMILES string of the molecule is CC(C)OC(=O)Cn1ccc2ccc(CNC3CC3)cc21. The summed E-state index contributed by atoms with van der Waals surface area (Å²) in [5, 5.41) is 4.67. The Kier molecular flexibility index (Phi) is 3.97. The quantitative estimate of drug-likeness (QED) is 0.830. The third-order valence-electron chi connectivity index (χ3n) is 3.68. The molecule has 0 amide bonds. The van der Waals surface area contributed by atoms with Gasteiger partial charge in [0, 0.05) is 24.3 Å². The van der Waals surface area contributed by atoms with Crippen LogP contribution in [0.1, 0.15) is 32.3 Å². The van der Waals surface area contributed by atoms with Crippen LogP contribution in [0.15, 0.2) is 30.5 Å². The number of carbonyl (C=O) groups excluding carboxylic acids is 1. The summed E-state index contributed by atoms with van der Waals surface area (Å²) >= 11 is 0. The molecule has 21 heavy (non-hydrogen) atoms. The second-order valence-corrected chi connectivity index (χ2v) is 6.03. The molecular weight excluding hydrogens is 264 g/mol. The predicted molar refractivity (Wildman–Crippen MR) is 83.0 cm³/mol. The average Bonchev–Trinajstić information content (AvgIpc) is 3.18. The summed E-state index contributed by atoms with van der Waals surface area (Å²) in [6, 6.07) is 9.16. The highest BCUT2D eigenvalue weighted by atomic mass is 16.5. The van der Waals surface area contributed by atoms with Crippen LogP contribution in [0.3, 0.4) is 0 Å². The number of nitrogens with zero attached hydrogens (tertiary/aromatic N) is 1. The molecule has 4 heteroatoms. The van der Waals surface area contributed by atoms with Gasteiger partial charge in [-0.3, -0.25) is 4.79 Å². The summed E-state index contributed by atoms with van der Waals surface area (Å²) in [6.07, 6.45) is 4.46. The zero-order chi connectivity index (χ0) is 14.8. The second-order valence-electron chi connectivity index (χ2n) is 6.03. The van der Waals surface area contributed by atoms with E-state index in [1.54, 1.807) is 0 Å². The lowest BCUT2D eigenvalue weighted by Gasteiger charge is -2.10. The number of nitrogens with one attached hydrogen (secondary N) is 1. The smallest absolute Gasteiger partial charge is 0.326 e. The molecule has 1 fully saturated rings. The van der Waals surface area contributed by atoms with Crippen molar-refractivity contribution in [1.29, 1.82) is 0 Å². The summed E-state index contributed by atoms with van der Waals surface area (Å²) < 4.78 is 7.18. The third kappa shape index (κ3) is 3.64. The van der Waals surface area contributed by atoms with E-state index in [0.717, 1.165) is 17.4 Å². The zero-order valence-electron chi connectivity index (χ0n) is 12.6. The number of carbonyl (C=O) groups is 1. The predicted octanol–water partition coefficient (Wildman–Crippen LogP) is 2.84. The van der Waals surface area contributed by atoms with Crippen molar-refractivity contribution in [2.75, 3.05) is 0 Å². The Hall–Kier alpha value is -1.81.